The third-order valence-electron chi connectivity index (χ3n) is 2.69. The molecule has 1 N–H and O–H groups in total. The van der Waals surface area contributed by atoms with Crippen LogP contribution in [0.2, 0.25) is 5.02 Å². The first kappa shape index (κ1) is 15.1. The second-order valence-corrected chi connectivity index (χ2v) is 5.10. The number of hydrogen-bond acceptors (Lipinski definition) is 4. The molecule has 0 aliphatic heterocycles. The van der Waals surface area contributed by atoms with E-state index in [4.69, 9.17) is 16.3 Å². The number of benzene rings is 1. The number of nitrogens with zero attached hydrogens (tertiary/aromatic N) is 1. The van der Waals surface area contributed by atoms with E-state index in [1.54, 1.807) is 0 Å². The maximum absolute atomic E-state index is 11.6. The summed E-state index contributed by atoms with van der Waals surface area (Å²) >= 11 is 5.92. The van der Waals surface area contributed by atoms with E-state index in [-0.39, 0.29) is 22.9 Å². The first-order chi connectivity index (χ1) is 9.88. The third kappa shape index (κ3) is 3.41. The molecular formula is C14H13ClN2O4. The molecule has 0 radical (unpaired) electrons. The maximum Gasteiger partial charge on any atom is 0.277 e. The first-order valence-corrected chi connectivity index (χ1v) is 6.60. The number of hydrogen-bond donors (Lipinski definition) is 1. The molecule has 1 aromatic carbocycles. The van der Waals surface area contributed by atoms with Crippen LogP contribution in [-0.4, -0.2) is 16.0 Å². The van der Waals surface area contributed by atoms with Crippen molar-refractivity contribution in [3.05, 3.63) is 56.0 Å². The molecule has 0 unspecified atom stereocenters. The number of aromatic nitrogens is 1. The minimum absolute atomic E-state index is 0.140. The van der Waals surface area contributed by atoms with Gasteiger partial charge in [0.1, 0.15) is 5.75 Å². The van der Waals surface area contributed by atoms with Crippen LogP contribution in [0.4, 0.5) is 5.69 Å². The summed E-state index contributed by atoms with van der Waals surface area (Å²) in [5.41, 5.74) is 0.0601. The molecule has 2 rings (SSSR count). The van der Waals surface area contributed by atoms with Gasteiger partial charge in [-0.2, -0.15) is 0 Å². The van der Waals surface area contributed by atoms with Gasteiger partial charge >= 0.3 is 0 Å². The summed E-state index contributed by atoms with van der Waals surface area (Å²) in [6.45, 7) is 3.64. The Morgan fingerprint density at radius 2 is 2.00 bits per heavy atom. The average molecular weight is 309 g/mol. The zero-order valence-electron chi connectivity index (χ0n) is 11.4. The summed E-state index contributed by atoms with van der Waals surface area (Å²) in [5.74, 6) is 0.356. The van der Waals surface area contributed by atoms with E-state index >= 15 is 0 Å². The zero-order chi connectivity index (χ0) is 15.6. The highest BCUT2D eigenvalue weighted by Crippen LogP contribution is 2.37. The average Bonchev–Trinajstić information content (AvgIpc) is 2.39. The lowest BCUT2D eigenvalue weighted by Crippen LogP contribution is -2.11. The Labute approximate surface area is 125 Å². The SMILES string of the molecule is CC(C)Oc1c[nH]c(=O)cc1-c1cc(Cl)ccc1[N+](=O)[O-]. The van der Waals surface area contributed by atoms with Crippen LogP contribution in [-0.2, 0) is 0 Å². The van der Waals surface area contributed by atoms with Crippen LogP contribution in [0.5, 0.6) is 5.75 Å². The van der Waals surface area contributed by atoms with E-state index in [0.717, 1.165) is 0 Å². The van der Waals surface area contributed by atoms with Gasteiger partial charge in [-0.25, -0.2) is 0 Å². The molecule has 0 spiro atoms. The monoisotopic (exact) mass is 308 g/mol. The molecule has 1 aromatic heterocycles. The summed E-state index contributed by atoms with van der Waals surface area (Å²) in [4.78, 5) is 24.7. The van der Waals surface area contributed by atoms with Gasteiger partial charge in [0, 0.05) is 28.9 Å². The molecule has 0 aliphatic carbocycles. The van der Waals surface area contributed by atoms with Crippen molar-refractivity contribution in [3.63, 3.8) is 0 Å². The number of nitro benzene ring substituents is 1. The maximum atomic E-state index is 11.6. The van der Waals surface area contributed by atoms with Gasteiger partial charge in [0.2, 0.25) is 5.56 Å². The van der Waals surface area contributed by atoms with E-state index in [1.807, 2.05) is 13.8 Å². The number of nitro groups is 1. The van der Waals surface area contributed by atoms with E-state index in [9.17, 15) is 14.9 Å². The van der Waals surface area contributed by atoms with Gasteiger partial charge in [-0.15, -0.1) is 0 Å². The predicted octanol–water partition coefficient (Wildman–Crippen LogP) is 3.39. The number of rotatable bonds is 4. The van der Waals surface area contributed by atoms with Crippen LogP contribution in [0.3, 0.4) is 0 Å². The van der Waals surface area contributed by atoms with Gasteiger partial charge in [0.05, 0.1) is 16.6 Å². The van der Waals surface area contributed by atoms with Crippen LogP contribution < -0.4 is 10.3 Å². The lowest BCUT2D eigenvalue weighted by Gasteiger charge is -2.14. The zero-order valence-corrected chi connectivity index (χ0v) is 12.2. The van der Waals surface area contributed by atoms with Gasteiger partial charge < -0.3 is 9.72 Å². The minimum atomic E-state index is -0.522. The Morgan fingerprint density at radius 1 is 1.29 bits per heavy atom. The number of nitrogens with one attached hydrogen (secondary N) is 1. The summed E-state index contributed by atoms with van der Waals surface area (Å²) in [6, 6.07) is 5.44. The van der Waals surface area contributed by atoms with Crippen LogP contribution in [0.25, 0.3) is 11.1 Å². The van der Waals surface area contributed by atoms with Crippen molar-refractivity contribution in [2.75, 3.05) is 0 Å². The smallest absolute Gasteiger partial charge is 0.277 e. The second kappa shape index (κ2) is 5.97. The standard InChI is InChI=1S/C14H13ClN2O4/c1-8(2)21-13-7-16-14(18)6-11(13)10-5-9(15)3-4-12(10)17(19)20/h3-8H,1-2H3,(H,16,18). The Bertz CT molecular complexity index is 740. The summed E-state index contributed by atoms with van der Waals surface area (Å²) in [5, 5.41) is 11.5. The van der Waals surface area contributed by atoms with Crippen molar-refractivity contribution in [1.29, 1.82) is 0 Å². The summed E-state index contributed by atoms with van der Waals surface area (Å²) < 4.78 is 5.59. The molecule has 6 nitrogen and oxygen atoms in total. The molecule has 0 bridgehead atoms. The van der Waals surface area contributed by atoms with Gasteiger partial charge in [-0.3, -0.25) is 14.9 Å². The quantitative estimate of drug-likeness (QED) is 0.693. The predicted molar refractivity (Wildman–Crippen MR) is 79.9 cm³/mol. The van der Waals surface area contributed by atoms with Crippen molar-refractivity contribution >= 4 is 17.3 Å². The number of ether oxygens (including phenoxy) is 1. The lowest BCUT2D eigenvalue weighted by atomic mass is 10.0. The van der Waals surface area contributed by atoms with Crippen molar-refractivity contribution in [2.24, 2.45) is 0 Å². The number of halogens is 1. The van der Waals surface area contributed by atoms with E-state index in [2.05, 4.69) is 4.98 Å². The fraction of sp³-hybridized carbons (Fsp3) is 0.214. The normalized spacial score (nSPS) is 10.7. The Morgan fingerprint density at radius 3 is 2.62 bits per heavy atom. The molecule has 21 heavy (non-hydrogen) atoms. The number of H-pyrrole nitrogens is 1. The Hall–Kier alpha value is -2.34. The van der Waals surface area contributed by atoms with E-state index in [1.165, 1.54) is 30.5 Å². The number of aromatic amines is 1. The Kier molecular flexibility index (Phi) is 4.28. The van der Waals surface area contributed by atoms with Gasteiger partial charge in [0.25, 0.3) is 5.69 Å². The molecule has 0 fully saturated rings. The molecule has 0 saturated carbocycles. The largest absolute Gasteiger partial charge is 0.489 e. The highest BCUT2D eigenvalue weighted by atomic mass is 35.5. The molecule has 2 aromatic rings. The van der Waals surface area contributed by atoms with E-state index in [0.29, 0.717) is 16.3 Å². The van der Waals surface area contributed by atoms with Crippen LogP contribution >= 0.6 is 11.6 Å². The summed E-state index contributed by atoms with van der Waals surface area (Å²) in [6.07, 6.45) is 1.25. The third-order valence-corrected chi connectivity index (χ3v) is 2.93. The van der Waals surface area contributed by atoms with Gasteiger partial charge in [-0.05, 0) is 26.0 Å². The van der Waals surface area contributed by atoms with Crippen LogP contribution in [0.15, 0.2) is 35.3 Å². The molecule has 7 heteroatoms. The molecule has 110 valence electrons. The molecular weight excluding hydrogens is 296 g/mol. The van der Waals surface area contributed by atoms with Crippen molar-refractivity contribution in [1.82, 2.24) is 4.98 Å². The lowest BCUT2D eigenvalue weighted by molar-refractivity contribution is -0.384. The summed E-state index contributed by atoms with van der Waals surface area (Å²) in [7, 11) is 0. The molecule has 0 aliphatic rings. The fourth-order valence-electron chi connectivity index (χ4n) is 1.90. The van der Waals surface area contributed by atoms with Crippen molar-refractivity contribution < 1.29 is 9.66 Å². The van der Waals surface area contributed by atoms with Crippen LogP contribution in [0, 0.1) is 10.1 Å². The minimum Gasteiger partial charge on any atom is -0.489 e. The molecule has 0 amide bonds. The molecule has 1 heterocycles. The topological polar surface area (TPSA) is 85.2 Å². The molecule has 0 atom stereocenters. The van der Waals surface area contributed by atoms with E-state index < -0.39 is 4.92 Å². The van der Waals surface area contributed by atoms with Crippen molar-refractivity contribution in [3.8, 4) is 16.9 Å². The highest BCUT2D eigenvalue weighted by Gasteiger charge is 2.20. The molecule has 0 saturated heterocycles. The second-order valence-electron chi connectivity index (χ2n) is 4.66. The number of pyridine rings is 1. The van der Waals surface area contributed by atoms with Gasteiger partial charge in [-0.1, -0.05) is 11.6 Å². The van der Waals surface area contributed by atoms with Gasteiger partial charge in [0.15, 0.2) is 0 Å². The Balaban J connectivity index is 2.71. The highest BCUT2D eigenvalue weighted by molar-refractivity contribution is 6.31. The van der Waals surface area contributed by atoms with Crippen molar-refractivity contribution in [2.45, 2.75) is 20.0 Å². The fourth-order valence-corrected chi connectivity index (χ4v) is 2.08. The first-order valence-electron chi connectivity index (χ1n) is 6.22. The van der Waals surface area contributed by atoms with Crippen LogP contribution in [0.1, 0.15) is 13.8 Å².